The van der Waals surface area contributed by atoms with Crippen molar-refractivity contribution in [3.8, 4) is 22.9 Å². The van der Waals surface area contributed by atoms with E-state index in [1.54, 1.807) is 20.3 Å². The average molecular weight is 407 g/mol. The third-order valence-electron chi connectivity index (χ3n) is 5.54. The highest BCUT2D eigenvalue weighted by Gasteiger charge is 2.34. The van der Waals surface area contributed by atoms with Gasteiger partial charge in [-0.15, -0.1) is 0 Å². The molecule has 7 heteroatoms. The van der Waals surface area contributed by atoms with Gasteiger partial charge in [0, 0.05) is 12.1 Å². The third-order valence-corrected chi connectivity index (χ3v) is 5.54. The molecule has 0 aliphatic carbocycles. The Kier molecular flexibility index (Phi) is 5.70. The van der Waals surface area contributed by atoms with E-state index in [4.69, 9.17) is 14.0 Å². The standard InChI is InChI=1S/C23H25N3O4/c1-15-7-4-5-8-16(15)14-21(27)26-12-6-9-18(26)23-24-22(25-30-23)17-10-11-19(28-2)20(13-17)29-3/h4-5,7-8,10-11,13,18H,6,9,12,14H2,1-3H3/t18-/m1/s1. The van der Waals surface area contributed by atoms with Gasteiger partial charge in [-0.2, -0.15) is 4.98 Å². The summed E-state index contributed by atoms with van der Waals surface area (Å²) in [4.78, 5) is 19.4. The number of nitrogens with zero attached hydrogens (tertiary/aromatic N) is 3. The predicted molar refractivity (Wildman–Crippen MR) is 111 cm³/mol. The van der Waals surface area contributed by atoms with Gasteiger partial charge in [-0.1, -0.05) is 29.4 Å². The lowest BCUT2D eigenvalue weighted by molar-refractivity contribution is -0.131. The molecule has 1 aliphatic heterocycles. The number of aromatic nitrogens is 2. The number of rotatable bonds is 6. The summed E-state index contributed by atoms with van der Waals surface area (Å²) < 4.78 is 16.2. The topological polar surface area (TPSA) is 77.7 Å². The molecule has 7 nitrogen and oxygen atoms in total. The van der Waals surface area contributed by atoms with E-state index in [1.165, 1.54) is 0 Å². The molecule has 156 valence electrons. The molecule has 4 rings (SSSR count). The number of hydrogen-bond donors (Lipinski definition) is 0. The van der Waals surface area contributed by atoms with Gasteiger partial charge in [-0.3, -0.25) is 4.79 Å². The van der Waals surface area contributed by atoms with Crippen molar-refractivity contribution in [1.29, 1.82) is 0 Å². The Balaban J connectivity index is 1.54. The Hall–Kier alpha value is -3.35. The zero-order valence-corrected chi connectivity index (χ0v) is 17.4. The molecule has 1 aromatic heterocycles. The van der Waals surface area contributed by atoms with Crippen molar-refractivity contribution in [2.75, 3.05) is 20.8 Å². The summed E-state index contributed by atoms with van der Waals surface area (Å²) in [6.07, 6.45) is 2.10. The number of methoxy groups -OCH3 is 2. The number of carbonyl (C=O) groups excluding carboxylic acids is 1. The zero-order chi connectivity index (χ0) is 21.1. The SMILES string of the molecule is COc1ccc(-c2noc([C@H]3CCCN3C(=O)Cc3ccccc3C)n2)cc1OC. The molecule has 30 heavy (non-hydrogen) atoms. The van der Waals surface area contributed by atoms with E-state index in [1.807, 2.05) is 48.2 Å². The summed E-state index contributed by atoms with van der Waals surface area (Å²) in [6, 6.07) is 13.2. The van der Waals surface area contributed by atoms with E-state index in [0.717, 1.165) is 29.5 Å². The molecule has 0 N–H and O–H groups in total. The van der Waals surface area contributed by atoms with Gasteiger partial charge in [-0.05, 0) is 49.1 Å². The number of ether oxygens (including phenoxy) is 2. The highest BCUT2D eigenvalue weighted by Crippen LogP contribution is 2.35. The molecular weight excluding hydrogens is 382 g/mol. The van der Waals surface area contributed by atoms with Crippen LogP contribution in [0.3, 0.4) is 0 Å². The smallest absolute Gasteiger partial charge is 0.249 e. The van der Waals surface area contributed by atoms with Gasteiger partial charge in [0.1, 0.15) is 6.04 Å². The Morgan fingerprint density at radius 2 is 1.97 bits per heavy atom. The lowest BCUT2D eigenvalue weighted by Crippen LogP contribution is -2.32. The summed E-state index contributed by atoms with van der Waals surface area (Å²) in [5.41, 5.74) is 2.93. The summed E-state index contributed by atoms with van der Waals surface area (Å²) >= 11 is 0. The molecule has 0 unspecified atom stereocenters. The molecule has 0 saturated carbocycles. The number of likely N-dealkylation sites (tertiary alicyclic amines) is 1. The van der Waals surface area contributed by atoms with Crippen LogP contribution in [0.5, 0.6) is 11.5 Å². The predicted octanol–water partition coefficient (Wildman–Crippen LogP) is 3.97. The fourth-order valence-electron chi connectivity index (χ4n) is 3.86. The highest BCUT2D eigenvalue weighted by atomic mass is 16.5. The first-order valence-electron chi connectivity index (χ1n) is 10.0. The van der Waals surface area contributed by atoms with Crippen LogP contribution in [-0.4, -0.2) is 41.7 Å². The largest absolute Gasteiger partial charge is 0.493 e. The molecule has 3 aromatic rings. The summed E-state index contributed by atoms with van der Waals surface area (Å²) in [6.45, 7) is 2.72. The fraction of sp³-hybridized carbons (Fsp3) is 0.348. The van der Waals surface area contributed by atoms with Crippen molar-refractivity contribution in [3.63, 3.8) is 0 Å². The minimum absolute atomic E-state index is 0.0812. The van der Waals surface area contributed by atoms with Gasteiger partial charge in [0.25, 0.3) is 0 Å². The Labute approximate surface area is 175 Å². The van der Waals surface area contributed by atoms with Crippen LogP contribution in [0.1, 0.15) is 35.9 Å². The first-order chi connectivity index (χ1) is 14.6. The van der Waals surface area contributed by atoms with Crippen molar-refractivity contribution in [1.82, 2.24) is 15.0 Å². The quantitative estimate of drug-likeness (QED) is 0.615. The second-order valence-corrected chi connectivity index (χ2v) is 7.37. The van der Waals surface area contributed by atoms with E-state index in [9.17, 15) is 4.79 Å². The van der Waals surface area contributed by atoms with Crippen LogP contribution in [0.25, 0.3) is 11.4 Å². The zero-order valence-electron chi connectivity index (χ0n) is 17.4. The van der Waals surface area contributed by atoms with Crippen LogP contribution in [0, 0.1) is 6.92 Å². The molecule has 1 fully saturated rings. The number of carbonyl (C=O) groups is 1. The highest BCUT2D eigenvalue weighted by molar-refractivity contribution is 5.79. The molecule has 1 aliphatic rings. The molecule has 2 aromatic carbocycles. The van der Waals surface area contributed by atoms with Gasteiger partial charge in [0.2, 0.25) is 17.6 Å². The van der Waals surface area contributed by atoms with Crippen LogP contribution in [0.15, 0.2) is 47.0 Å². The average Bonchev–Trinajstić information content (AvgIpc) is 3.44. The van der Waals surface area contributed by atoms with Gasteiger partial charge in [0.15, 0.2) is 11.5 Å². The maximum atomic E-state index is 13.0. The first kappa shape index (κ1) is 19.9. The molecule has 1 atom stereocenters. The van der Waals surface area contributed by atoms with Crippen molar-refractivity contribution < 1.29 is 18.8 Å². The number of amides is 1. The van der Waals surface area contributed by atoms with Crippen LogP contribution >= 0.6 is 0 Å². The third kappa shape index (κ3) is 3.87. The van der Waals surface area contributed by atoms with Gasteiger partial charge >= 0.3 is 0 Å². The normalized spacial score (nSPS) is 16.0. The van der Waals surface area contributed by atoms with E-state index in [2.05, 4.69) is 10.1 Å². The van der Waals surface area contributed by atoms with Crippen LogP contribution in [0.4, 0.5) is 0 Å². The second kappa shape index (κ2) is 8.57. The molecule has 1 saturated heterocycles. The van der Waals surface area contributed by atoms with Crippen LogP contribution < -0.4 is 9.47 Å². The van der Waals surface area contributed by atoms with Crippen molar-refractivity contribution in [2.45, 2.75) is 32.2 Å². The fourth-order valence-corrected chi connectivity index (χ4v) is 3.86. The van der Waals surface area contributed by atoms with E-state index >= 15 is 0 Å². The van der Waals surface area contributed by atoms with E-state index in [0.29, 0.717) is 36.2 Å². The summed E-state index contributed by atoms with van der Waals surface area (Å²) in [5, 5.41) is 4.13. The van der Waals surface area contributed by atoms with Gasteiger partial charge < -0.3 is 18.9 Å². The van der Waals surface area contributed by atoms with Gasteiger partial charge in [0.05, 0.1) is 20.6 Å². The summed E-state index contributed by atoms with van der Waals surface area (Å²) in [5.74, 6) is 2.24. The van der Waals surface area contributed by atoms with E-state index in [-0.39, 0.29) is 11.9 Å². The number of benzene rings is 2. The molecule has 0 spiro atoms. The minimum atomic E-state index is -0.192. The molecule has 0 radical (unpaired) electrons. The van der Waals surface area contributed by atoms with Crippen molar-refractivity contribution >= 4 is 5.91 Å². The van der Waals surface area contributed by atoms with Crippen molar-refractivity contribution in [3.05, 3.63) is 59.5 Å². The Morgan fingerprint density at radius 3 is 2.73 bits per heavy atom. The molecule has 1 amide bonds. The van der Waals surface area contributed by atoms with E-state index < -0.39 is 0 Å². The number of hydrogen-bond acceptors (Lipinski definition) is 6. The molecular formula is C23H25N3O4. The van der Waals surface area contributed by atoms with Gasteiger partial charge in [-0.25, -0.2) is 0 Å². The Morgan fingerprint density at radius 1 is 1.17 bits per heavy atom. The maximum Gasteiger partial charge on any atom is 0.249 e. The lowest BCUT2D eigenvalue weighted by atomic mass is 10.1. The van der Waals surface area contributed by atoms with Crippen LogP contribution in [0.2, 0.25) is 0 Å². The minimum Gasteiger partial charge on any atom is -0.493 e. The lowest BCUT2D eigenvalue weighted by Gasteiger charge is -2.22. The second-order valence-electron chi connectivity index (χ2n) is 7.37. The number of aryl methyl sites for hydroxylation is 1. The summed E-state index contributed by atoms with van der Waals surface area (Å²) in [7, 11) is 3.17. The van der Waals surface area contributed by atoms with Crippen LogP contribution in [-0.2, 0) is 11.2 Å². The monoisotopic (exact) mass is 407 g/mol. The molecule has 2 heterocycles. The molecule has 0 bridgehead atoms. The maximum absolute atomic E-state index is 13.0. The van der Waals surface area contributed by atoms with Crippen molar-refractivity contribution in [2.24, 2.45) is 0 Å². The first-order valence-corrected chi connectivity index (χ1v) is 10.0. The Bertz CT molecular complexity index is 1050.